The summed E-state index contributed by atoms with van der Waals surface area (Å²) in [6.07, 6.45) is 0. The highest BCUT2D eigenvalue weighted by Crippen LogP contribution is 2.40. The molecule has 1 aliphatic heterocycles. The van der Waals surface area contributed by atoms with Gasteiger partial charge in [-0.15, -0.1) is 0 Å². The molecule has 1 aromatic heterocycles. The second kappa shape index (κ2) is 8.03. The average molecular weight is 444 g/mol. The van der Waals surface area contributed by atoms with Crippen LogP contribution in [-0.4, -0.2) is 33.1 Å². The van der Waals surface area contributed by atoms with E-state index in [0.717, 1.165) is 0 Å². The summed E-state index contributed by atoms with van der Waals surface area (Å²) in [5, 5.41) is 3.24. The molecule has 0 spiro atoms. The van der Waals surface area contributed by atoms with Crippen LogP contribution in [0.3, 0.4) is 0 Å². The molecule has 1 aromatic rings. The number of nitrogens with zero attached hydrogens (tertiary/aromatic N) is 1. The van der Waals surface area contributed by atoms with E-state index in [2.05, 4.69) is 15.3 Å². The molecule has 160 valence electrons. The zero-order valence-electron chi connectivity index (χ0n) is 17.9. The molecule has 0 radical (unpaired) electrons. The molecular weight excluding hydrogens is 417 g/mol. The fourth-order valence-corrected chi connectivity index (χ4v) is 3.24. The monoisotopic (exact) mass is 443 g/mol. The number of aromatic amines is 1. The quantitative estimate of drug-likeness (QED) is 0.661. The van der Waals surface area contributed by atoms with Gasteiger partial charge >= 0.3 is 11.9 Å². The first-order valence-electron chi connectivity index (χ1n) is 9.17. The number of hydrogen-bond donors (Lipinski definition) is 2. The molecular formula is C20H27Cl2N3O4. The van der Waals surface area contributed by atoms with E-state index in [1.165, 1.54) is 0 Å². The summed E-state index contributed by atoms with van der Waals surface area (Å²) < 4.78 is 11.2. The van der Waals surface area contributed by atoms with Crippen molar-refractivity contribution in [2.24, 2.45) is 0 Å². The summed E-state index contributed by atoms with van der Waals surface area (Å²) in [5.74, 6) is -1.79. The largest absolute Gasteiger partial charge is 0.457 e. The zero-order chi connectivity index (χ0) is 22.3. The van der Waals surface area contributed by atoms with Crippen molar-refractivity contribution < 1.29 is 19.1 Å². The van der Waals surface area contributed by atoms with E-state index in [-0.39, 0.29) is 27.3 Å². The number of aromatic nitrogens is 2. The Bertz CT molecular complexity index is 832. The Balaban J connectivity index is 2.64. The van der Waals surface area contributed by atoms with Crippen LogP contribution in [-0.2, 0) is 19.1 Å². The zero-order valence-corrected chi connectivity index (χ0v) is 19.4. The van der Waals surface area contributed by atoms with Gasteiger partial charge in [0.25, 0.3) is 0 Å². The molecule has 0 aromatic carbocycles. The number of nitrogens with one attached hydrogen (secondary N) is 2. The lowest BCUT2D eigenvalue weighted by Gasteiger charge is -2.32. The maximum atomic E-state index is 13.1. The summed E-state index contributed by atoms with van der Waals surface area (Å²) in [7, 11) is 0. The summed E-state index contributed by atoms with van der Waals surface area (Å²) in [6, 6.07) is 0. The van der Waals surface area contributed by atoms with Gasteiger partial charge < -0.3 is 19.8 Å². The molecule has 0 fully saturated rings. The van der Waals surface area contributed by atoms with Crippen molar-refractivity contribution in [1.82, 2.24) is 15.3 Å². The van der Waals surface area contributed by atoms with Crippen LogP contribution in [0.25, 0.3) is 0 Å². The molecule has 0 atom stereocenters. The van der Waals surface area contributed by atoms with Crippen LogP contribution in [0, 0.1) is 0 Å². The first-order chi connectivity index (χ1) is 13.1. The molecule has 2 rings (SSSR count). The first-order valence-corrected chi connectivity index (χ1v) is 9.92. The smallest absolute Gasteiger partial charge is 0.337 e. The van der Waals surface area contributed by atoms with Crippen molar-refractivity contribution in [2.45, 2.75) is 72.5 Å². The Hall–Kier alpha value is -1.99. The van der Waals surface area contributed by atoms with Crippen LogP contribution >= 0.6 is 23.2 Å². The van der Waals surface area contributed by atoms with Crippen LogP contribution in [0.2, 0.25) is 10.3 Å². The van der Waals surface area contributed by atoms with E-state index in [1.54, 1.807) is 55.4 Å². The van der Waals surface area contributed by atoms with Crippen molar-refractivity contribution in [3.05, 3.63) is 38.7 Å². The predicted octanol–water partition coefficient (Wildman–Crippen LogP) is 4.63. The van der Waals surface area contributed by atoms with Gasteiger partial charge in [0.2, 0.25) is 0 Å². The maximum absolute atomic E-state index is 13.1. The average Bonchev–Trinajstić information content (AvgIpc) is 2.81. The molecule has 0 amide bonds. The van der Waals surface area contributed by atoms with E-state index in [4.69, 9.17) is 32.7 Å². The van der Waals surface area contributed by atoms with Gasteiger partial charge in [0, 0.05) is 11.4 Å². The molecule has 2 N–H and O–H groups in total. The third-order valence-corrected chi connectivity index (χ3v) is 4.55. The highest BCUT2D eigenvalue weighted by Gasteiger charge is 2.41. The minimum absolute atomic E-state index is 0.0441. The van der Waals surface area contributed by atoms with Crippen LogP contribution in [0.1, 0.15) is 67.1 Å². The van der Waals surface area contributed by atoms with Gasteiger partial charge in [-0.2, -0.15) is 0 Å². The molecule has 2 heterocycles. The Morgan fingerprint density at radius 3 is 1.62 bits per heavy atom. The van der Waals surface area contributed by atoms with Crippen molar-refractivity contribution in [3.63, 3.8) is 0 Å². The van der Waals surface area contributed by atoms with E-state index < -0.39 is 29.1 Å². The predicted molar refractivity (Wildman–Crippen MR) is 112 cm³/mol. The number of rotatable bonds is 3. The minimum Gasteiger partial charge on any atom is -0.457 e. The van der Waals surface area contributed by atoms with Crippen molar-refractivity contribution in [3.8, 4) is 0 Å². The van der Waals surface area contributed by atoms with Gasteiger partial charge in [-0.3, -0.25) is 0 Å². The summed E-state index contributed by atoms with van der Waals surface area (Å²) in [5.41, 5.74) is 0.0861. The summed E-state index contributed by atoms with van der Waals surface area (Å²) in [6.45, 7) is 14.1. The molecule has 0 aliphatic carbocycles. The van der Waals surface area contributed by atoms with Gasteiger partial charge in [-0.05, 0) is 55.4 Å². The molecule has 7 nitrogen and oxygen atoms in total. The first kappa shape index (κ1) is 23.3. The number of carbonyl (C=O) groups excluding carboxylic acids is 2. The third-order valence-electron chi connectivity index (χ3n) is 3.91. The number of carbonyl (C=O) groups is 2. The van der Waals surface area contributed by atoms with Gasteiger partial charge in [-0.25, -0.2) is 14.6 Å². The maximum Gasteiger partial charge on any atom is 0.337 e. The number of H-pyrrole nitrogens is 1. The molecule has 1 aliphatic rings. The molecule has 0 unspecified atom stereocenters. The number of hydrogen-bond acceptors (Lipinski definition) is 6. The summed E-state index contributed by atoms with van der Waals surface area (Å²) in [4.78, 5) is 33.2. The number of esters is 2. The van der Waals surface area contributed by atoms with Gasteiger partial charge in [-0.1, -0.05) is 23.2 Å². The van der Waals surface area contributed by atoms with Crippen LogP contribution in [0.15, 0.2) is 22.5 Å². The number of allylic oxidation sites excluding steroid dienone is 2. The molecule has 9 heteroatoms. The highest BCUT2D eigenvalue weighted by atomic mass is 35.5. The lowest BCUT2D eigenvalue weighted by atomic mass is 9.84. The normalized spacial score (nSPS) is 16.1. The standard InChI is InChI=1S/C20H27Cl2N3O4/c1-9-11(17(26)28-19(3,4)5)13(16-24-14(21)15(22)25-16)12(10(2)23-9)18(27)29-20(6,7)8/h13,23H,1-8H3,(H,24,25). The Morgan fingerprint density at radius 2 is 1.31 bits per heavy atom. The van der Waals surface area contributed by atoms with Gasteiger partial charge in [0.15, 0.2) is 5.15 Å². The fraction of sp³-hybridized carbons (Fsp3) is 0.550. The van der Waals surface area contributed by atoms with Crippen LogP contribution in [0.4, 0.5) is 0 Å². The van der Waals surface area contributed by atoms with Gasteiger partial charge in [0.05, 0.1) is 17.1 Å². The second-order valence-corrected chi connectivity index (χ2v) is 9.60. The third kappa shape index (κ3) is 5.54. The lowest BCUT2D eigenvalue weighted by molar-refractivity contribution is -0.150. The number of imidazole rings is 1. The number of ether oxygens (including phenoxy) is 2. The van der Waals surface area contributed by atoms with E-state index >= 15 is 0 Å². The Morgan fingerprint density at radius 1 is 0.897 bits per heavy atom. The van der Waals surface area contributed by atoms with E-state index in [9.17, 15) is 9.59 Å². The lowest BCUT2D eigenvalue weighted by Crippen LogP contribution is -2.36. The second-order valence-electron chi connectivity index (χ2n) is 8.87. The summed E-state index contributed by atoms with van der Waals surface area (Å²) >= 11 is 12.1. The van der Waals surface area contributed by atoms with Crippen molar-refractivity contribution in [1.29, 1.82) is 0 Å². The van der Waals surface area contributed by atoms with E-state index in [0.29, 0.717) is 11.4 Å². The Labute approximate surface area is 180 Å². The van der Waals surface area contributed by atoms with Gasteiger partial charge in [0.1, 0.15) is 22.2 Å². The Kier molecular flexibility index (Phi) is 6.45. The minimum atomic E-state index is -0.883. The number of halogens is 2. The van der Waals surface area contributed by atoms with Crippen LogP contribution in [0.5, 0.6) is 0 Å². The van der Waals surface area contributed by atoms with Crippen LogP contribution < -0.4 is 5.32 Å². The SMILES string of the molecule is CC1=C(C(=O)OC(C)(C)C)C(c2nc(Cl)c(Cl)[nH]2)C(C(=O)OC(C)(C)C)=C(C)N1. The molecule has 0 saturated heterocycles. The molecule has 0 bridgehead atoms. The molecule has 29 heavy (non-hydrogen) atoms. The fourth-order valence-electron chi connectivity index (χ4n) is 2.96. The molecule has 0 saturated carbocycles. The van der Waals surface area contributed by atoms with E-state index in [1.807, 2.05) is 0 Å². The highest BCUT2D eigenvalue weighted by molar-refractivity contribution is 6.40. The van der Waals surface area contributed by atoms with Crippen molar-refractivity contribution >= 4 is 35.1 Å². The number of dihydropyridines is 1. The topological polar surface area (TPSA) is 93.3 Å². The van der Waals surface area contributed by atoms with Crippen molar-refractivity contribution in [2.75, 3.05) is 0 Å².